The lowest BCUT2D eigenvalue weighted by Crippen LogP contribution is -2.29. The van der Waals surface area contributed by atoms with Crippen molar-refractivity contribution in [2.45, 2.75) is 6.54 Å². The van der Waals surface area contributed by atoms with Crippen molar-refractivity contribution in [3.63, 3.8) is 0 Å². The van der Waals surface area contributed by atoms with E-state index < -0.39 is 4.92 Å². The number of benzene rings is 2. The molecular formula is C17H18ClN3O5. The van der Waals surface area contributed by atoms with Crippen LogP contribution >= 0.6 is 11.6 Å². The van der Waals surface area contributed by atoms with Crippen LogP contribution in [-0.2, 0) is 11.3 Å². The van der Waals surface area contributed by atoms with Crippen molar-refractivity contribution < 1.29 is 19.2 Å². The average Bonchev–Trinajstić information content (AvgIpc) is 2.65. The molecule has 0 aromatic heterocycles. The summed E-state index contributed by atoms with van der Waals surface area (Å²) in [4.78, 5) is 22.2. The summed E-state index contributed by atoms with van der Waals surface area (Å²) in [7, 11) is 3.08. The molecular weight excluding hydrogens is 362 g/mol. The van der Waals surface area contributed by atoms with E-state index in [0.717, 1.165) is 5.56 Å². The number of ether oxygens (including phenoxy) is 2. The second kappa shape index (κ2) is 8.91. The molecule has 0 aliphatic rings. The molecule has 0 fully saturated rings. The number of hydrogen-bond acceptors (Lipinski definition) is 6. The zero-order valence-electron chi connectivity index (χ0n) is 14.2. The third-order valence-electron chi connectivity index (χ3n) is 3.53. The first-order chi connectivity index (χ1) is 12.4. The largest absolute Gasteiger partial charge is 0.493 e. The molecule has 0 aliphatic heterocycles. The highest BCUT2D eigenvalue weighted by Crippen LogP contribution is 2.28. The Labute approximate surface area is 155 Å². The monoisotopic (exact) mass is 379 g/mol. The maximum absolute atomic E-state index is 12.0. The third-order valence-corrected chi connectivity index (χ3v) is 3.85. The molecule has 0 heterocycles. The molecule has 0 unspecified atom stereocenters. The fraction of sp³-hybridized carbons (Fsp3) is 0.235. The Morgan fingerprint density at radius 1 is 1.15 bits per heavy atom. The van der Waals surface area contributed by atoms with Gasteiger partial charge >= 0.3 is 0 Å². The Balaban J connectivity index is 1.90. The van der Waals surface area contributed by atoms with Crippen molar-refractivity contribution >= 4 is 28.9 Å². The third kappa shape index (κ3) is 5.00. The Kier molecular flexibility index (Phi) is 6.62. The van der Waals surface area contributed by atoms with Crippen LogP contribution in [-0.4, -0.2) is 31.6 Å². The lowest BCUT2D eigenvalue weighted by atomic mass is 10.2. The van der Waals surface area contributed by atoms with Crippen LogP contribution in [0.1, 0.15) is 5.56 Å². The highest BCUT2D eigenvalue weighted by atomic mass is 35.5. The molecule has 26 heavy (non-hydrogen) atoms. The van der Waals surface area contributed by atoms with Crippen molar-refractivity contribution in [1.82, 2.24) is 5.32 Å². The summed E-state index contributed by atoms with van der Waals surface area (Å²) >= 11 is 5.75. The SMILES string of the molecule is COc1ccc(CNC(=O)CNc2ccc(Cl)c([N+](=O)[O-])c2)cc1OC. The van der Waals surface area contributed by atoms with Gasteiger partial charge in [0.2, 0.25) is 5.91 Å². The van der Waals surface area contributed by atoms with Gasteiger partial charge in [0.1, 0.15) is 5.02 Å². The van der Waals surface area contributed by atoms with Crippen LogP contribution in [0.15, 0.2) is 36.4 Å². The molecule has 0 bridgehead atoms. The number of carbonyl (C=O) groups is 1. The summed E-state index contributed by atoms with van der Waals surface area (Å²) < 4.78 is 10.4. The van der Waals surface area contributed by atoms with Gasteiger partial charge in [0, 0.05) is 18.3 Å². The summed E-state index contributed by atoms with van der Waals surface area (Å²) in [6.45, 7) is 0.272. The van der Waals surface area contributed by atoms with E-state index in [9.17, 15) is 14.9 Å². The van der Waals surface area contributed by atoms with Crippen LogP contribution in [0.2, 0.25) is 5.02 Å². The molecule has 0 radical (unpaired) electrons. The van der Waals surface area contributed by atoms with E-state index in [2.05, 4.69) is 10.6 Å². The normalized spacial score (nSPS) is 10.1. The van der Waals surface area contributed by atoms with Crippen LogP contribution in [0.5, 0.6) is 11.5 Å². The van der Waals surface area contributed by atoms with Crippen LogP contribution < -0.4 is 20.1 Å². The molecule has 0 aliphatic carbocycles. The molecule has 0 spiro atoms. The zero-order valence-corrected chi connectivity index (χ0v) is 15.0. The molecule has 0 saturated heterocycles. The highest BCUT2D eigenvalue weighted by Gasteiger charge is 2.13. The number of nitro benzene ring substituents is 1. The van der Waals surface area contributed by atoms with Gasteiger partial charge in [0.15, 0.2) is 11.5 Å². The van der Waals surface area contributed by atoms with Crippen molar-refractivity contribution in [2.75, 3.05) is 26.1 Å². The minimum atomic E-state index is -0.579. The Morgan fingerprint density at radius 2 is 1.88 bits per heavy atom. The lowest BCUT2D eigenvalue weighted by molar-refractivity contribution is -0.384. The molecule has 1 amide bonds. The van der Waals surface area contributed by atoms with Gasteiger partial charge in [-0.3, -0.25) is 14.9 Å². The number of nitrogens with zero attached hydrogens (tertiary/aromatic N) is 1. The number of amides is 1. The van der Waals surface area contributed by atoms with Gasteiger partial charge < -0.3 is 20.1 Å². The second-order valence-corrected chi connectivity index (χ2v) is 5.65. The summed E-state index contributed by atoms with van der Waals surface area (Å²) in [6.07, 6.45) is 0. The fourth-order valence-corrected chi connectivity index (χ4v) is 2.39. The van der Waals surface area contributed by atoms with E-state index in [1.165, 1.54) is 19.2 Å². The Hall–Kier alpha value is -3.00. The fourth-order valence-electron chi connectivity index (χ4n) is 2.20. The Morgan fingerprint density at radius 3 is 2.54 bits per heavy atom. The molecule has 2 aromatic carbocycles. The average molecular weight is 380 g/mol. The first kappa shape index (κ1) is 19.3. The van der Waals surface area contributed by atoms with Crippen molar-refractivity contribution in [3.05, 3.63) is 57.1 Å². The number of anilines is 1. The molecule has 138 valence electrons. The molecule has 9 heteroatoms. The van der Waals surface area contributed by atoms with E-state index in [1.807, 2.05) is 6.07 Å². The van der Waals surface area contributed by atoms with Crippen molar-refractivity contribution in [1.29, 1.82) is 0 Å². The van der Waals surface area contributed by atoms with E-state index in [4.69, 9.17) is 21.1 Å². The number of nitro groups is 1. The maximum Gasteiger partial charge on any atom is 0.289 e. The van der Waals surface area contributed by atoms with E-state index in [0.29, 0.717) is 23.7 Å². The number of halogens is 1. The molecule has 2 N–H and O–H groups in total. The van der Waals surface area contributed by atoms with Crippen LogP contribution in [0, 0.1) is 10.1 Å². The first-order valence-electron chi connectivity index (χ1n) is 7.60. The van der Waals surface area contributed by atoms with Gasteiger partial charge in [-0.25, -0.2) is 0 Å². The topological polar surface area (TPSA) is 103 Å². The standard InChI is InChI=1S/C17H18ClN3O5/c1-25-15-6-3-11(7-16(15)26-2)9-20-17(22)10-19-12-4-5-13(18)14(8-12)21(23)24/h3-8,19H,9-10H2,1-2H3,(H,20,22). The first-order valence-corrected chi connectivity index (χ1v) is 7.97. The Bertz CT molecular complexity index is 813. The van der Waals surface area contributed by atoms with Gasteiger partial charge in [-0.2, -0.15) is 0 Å². The lowest BCUT2D eigenvalue weighted by Gasteiger charge is -2.11. The molecule has 2 rings (SSSR count). The van der Waals surface area contributed by atoms with Gasteiger partial charge in [-0.05, 0) is 29.8 Å². The van der Waals surface area contributed by atoms with Crippen molar-refractivity contribution in [2.24, 2.45) is 0 Å². The minimum Gasteiger partial charge on any atom is -0.493 e. The maximum atomic E-state index is 12.0. The van der Waals surface area contributed by atoms with Gasteiger partial charge in [-0.15, -0.1) is 0 Å². The van der Waals surface area contributed by atoms with Gasteiger partial charge in [-0.1, -0.05) is 17.7 Å². The highest BCUT2D eigenvalue weighted by molar-refractivity contribution is 6.32. The molecule has 0 saturated carbocycles. The van der Waals surface area contributed by atoms with Crippen molar-refractivity contribution in [3.8, 4) is 11.5 Å². The predicted octanol–water partition coefficient (Wildman–Crippen LogP) is 2.99. The van der Waals surface area contributed by atoms with Gasteiger partial charge in [0.25, 0.3) is 5.69 Å². The summed E-state index contributed by atoms with van der Waals surface area (Å²) in [5.41, 5.74) is 1.06. The van der Waals surface area contributed by atoms with Crippen LogP contribution in [0.3, 0.4) is 0 Å². The van der Waals surface area contributed by atoms with Crippen LogP contribution in [0.4, 0.5) is 11.4 Å². The van der Waals surface area contributed by atoms with E-state index in [-0.39, 0.29) is 23.2 Å². The number of hydrogen-bond donors (Lipinski definition) is 2. The molecule has 2 aromatic rings. The number of nitrogens with one attached hydrogen (secondary N) is 2. The van der Waals surface area contributed by atoms with Crippen LogP contribution in [0.25, 0.3) is 0 Å². The second-order valence-electron chi connectivity index (χ2n) is 5.24. The number of methoxy groups -OCH3 is 2. The summed E-state index contributed by atoms with van der Waals surface area (Å²) in [5, 5.41) is 16.5. The zero-order chi connectivity index (χ0) is 19.1. The van der Waals surface area contributed by atoms with E-state index in [1.54, 1.807) is 25.3 Å². The predicted molar refractivity (Wildman–Crippen MR) is 98.0 cm³/mol. The number of rotatable bonds is 8. The molecule has 8 nitrogen and oxygen atoms in total. The smallest absolute Gasteiger partial charge is 0.289 e. The molecule has 0 atom stereocenters. The summed E-state index contributed by atoms with van der Waals surface area (Å²) in [6, 6.07) is 9.60. The minimum absolute atomic E-state index is 0.0356. The van der Waals surface area contributed by atoms with E-state index >= 15 is 0 Å². The summed E-state index contributed by atoms with van der Waals surface area (Å²) in [5.74, 6) is 0.914. The van der Waals surface area contributed by atoms with Gasteiger partial charge in [0.05, 0.1) is 25.7 Å². The number of carbonyl (C=O) groups excluding carboxylic acids is 1. The quantitative estimate of drug-likeness (QED) is 0.540.